The second-order valence-corrected chi connectivity index (χ2v) is 20.9. The van der Waals surface area contributed by atoms with Crippen LogP contribution in [-0.2, 0) is 24.6 Å². The maximum atomic E-state index is 13.9. The number of amides is 4. The molecule has 328 valence electrons. The summed E-state index contributed by atoms with van der Waals surface area (Å²) < 4.78 is 12.1. The van der Waals surface area contributed by atoms with E-state index in [1.54, 1.807) is 34.0 Å². The fourth-order valence-corrected chi connectivity index (χ4v) is 12.5. The molecule has 8 rings (SSSR count). The summed E-state index contributed by atoms with van der Waals surface area (Å²) in [5, 5.41) is 5.47. The molecule has 6 aromatic rings. The number of nitrogens with one attached hydrogen (secondary N) is 4. The van der Waals surface area contributed by atoms with Crippen molar-refractivity contribution >= 4 is 77.8 Å². The minimum atomic E-state index is -0.715. The molecule has 4 amide bonds. The van der Waals surface area contributed by atoms with Gasteiger partial charge in [0.2, 0.25) is 11.8 Å². The van der Waals surface area contributed by atoms with E-state index in [9.17, 15) is 19.2 Å². The molecule has 0 spiro atoms. The van der Waals surface area contributed by atoms with E-state index in [1.165, 1.54) is 33.4 Å². The fraction of sp³-hybridized carbons (Fsp3) is 0.467. The molecule has 6 atom stereocenters. The first-order valence-electron chi connectivity index (χ1n) is 21.1. The van der Waals surface area contributed by atoms with Gasteiger partial charge in [-0.05, 0) is 72.8 Å². The standard InChI is InChI=1S/C45H54N8O6S3/c1-22(2)36(49-43(56)58-8)40(54)52-20-24(5)14-30(52)38-47-28-15-32(62-39(28)51-38)34-17-35-33(61-34)16-31(60-35)27-12-10-26(11-13-27)29-19-46-42(48-29)45(7)18-25(6)21-53(45)41(55)37(23(3)4)50-44(57)59-9/h10-13,15-17,19,22-25,30,36-37H,14,18,20-21H2,1-9H3,(H,46,48)(H,47,51)(H,49,56)(H,50,57)/t24-,25-,30-,36-,37-,45-/m0/s1. The zero-order valence-corrected chi connectivity index (χ0v) is 38.9. The lowest BCUT2D eigenvalue weighted by Gasteiger charge is -2.37. The van der Waals surface area contributed by atoms with Crippen molar-refractivity contribution in [3.05, 3.63) is 60.3 Å². The van der Waals surface area contributed by atoms with Gasteiger partial charge < -0.3 is 39.9 Å². The third-order valence-electron chi connectivity index (χ3n) is 12.2. The Kier molecular flexibility index (Phi) is 12.0. The van der Waals surface area contributed by atoms with Crippen molar-refractivity contribution in [3.63, 3.8) is 0 Å². The van der Waals surface area contributed by atoms with Crippen LogP contribution in [0.1, 0.15) is 79.0 Å². The number of aromatic amines is 2. The lowest BCUT2D eigenvalue weighted by atomic mass is 9.93. The van der Waals surface area contributed by atoms with Gasteiger partial charge in [-0.15, -0.1) is 34.0 Å². The SMILES string of the molecule is COC(=O)N[C@H](C(=O)N1C[C@@H](C)C[C@H]1c1nc2sc(-c3cc4sc(-c5ccc(-c6cnc([C@]7(C)C[C@H](C)CN7C(=O)[C@@H](NC(=O)OC)C(C)C)[nH]6)cc5)cc4s3)cc2[nH]1)C(C)C. The number of fused-ring (bicyclic) bond motifs is 2. The summed E-state index contributed by atoms with van der Waals surface area (Å²) in [6.07, 6.45) is 2.12. The molecule has 7 heterocycles. The maximum absolute atomic E-state index is 13.9. The minimum Gasteiger partial charge on any atom is -0.453 e. The number of aromatic nitrogens is 4. The number of rotatable bonds is 11. The third-order valence-corrected chi connectivity index (χ3v) is 15.8. The van der Waals surface area contributed by atoms with Gasteiger partial charge in [-0.3, -0.25) is 9.59 Å². The number of hydrogen-bond acceptors (Lipinski definition) is 11. The van der Waals surface area contributed by atoms with E-state index in [0.29, 0.717) is 19.0 Å². The summed E-state index contributed by atoms with van der Waals surface area (Å²) in [6.45, 7) is 15.1. The molecule has 2 aliphatic rings. The van der Waals surface area contributed by atoms with E-state index >= 15 is 0 Å². The Morgan fingerprint density at radius 2 is 1.39 bits per heavy atom. The number of alkyl carbamates (subject to hydrolysis) is 2. The van der Waals surface area contributed by atoms with Crippen LogP contribution in [0, 0.1) is 23.7 Å². The van der Waals surface area contributed by atoms with Gasteiger partial charge in [0.05, 0.1) is 43.2 Å². The number of carbonyl (C=O) groups excluding carboxylic acids is 4. The first kappa shape index (κ1) is 43.4. The topological polar surface area (TPSA) is 175 Å². The molecule has 0 unspecified atom stereocenters. The number of methoxy groups -OCH3 is 2. The van der Waals surface area contributed by atoms with Gasteiger partial charge in [-0.2, -0.15) is 0 Å². The van der Waals surface area contributed by atoms with E-state index in [1.807, 2.05) is 50.6 Å². The number of benzene rings is 1. The molecule has 5 aromatic heterocycles. The van der Waals surface area contributed by atoms with Gasteiger partial charge in [0.15, 0.2) is 0 Å². The van der Waals surface area contributed by atoms with Gasteiger partial charge in [-0.1, -0.05) is 65.8 Å². The van der Waals surface area contributed by atoms with Crippen LogP contribution in [0.3, 0.4) is 0 Å². The number of carbonyl (C=O) groups is 4. The van der Waals surface area contributed by atoms with E-state index < -0.39 is 29.8 Å². The second kappa shape index (κ2) is 17.1. The highest BCUT2D eigenvalue weighted by atomic mass is 32.1. The van der Waals surface area contributed by atoms with Crippen molar-refractivity contribution in [3.8, 4) is 31.5 Å². The number of likely N-dealkylation sites (tertiary alicyclic amines) is 2. The van der Waals surface area contributed by atoms with E-state index in [0.717, 1.165) is 56.5 Å². The van der Waals surface area contributed by atoms with Gasteiger partial charge in [-0.25, -0.2) is 19.6 Å². The van der Waals surface area contributed by atoms with Gasteiger partial charge in [0, 0.05) is 37.1 Å². The third kappa shape index (κ3) is 8.21. The van der Waals surface area contributed by atoms with Crippen molar-refractivity contribution in [1.82, 2.24) is 40.4 Å². The molecule has 2 saturated heterocycles. The molecule has 2 fully saturated rings. The van der Waals surface area contributed by atoms with Crippen LogP contribution in [0.5, 0.6) is 0 Å². The van der Waals surface area contributed by atoms with Crippen LogP contribution in [0.2, 0.25) is 0 Å². The average molecular weight is 899 g/mol. The number of hydrogen-bond donors (Lipinski definition) is 4. The lowest BCUT2D eigenvalue weighted by molar-refractivity contribution is -0.139. The lowest BCUT2D eigenvalue weighted by Crippen LogP contribution is -2.55. The molecule has 14 nitrogen and oxygen atoms in total. The molecule has 2 aliphatic heterocycles. The van der Waals surface area contributed by atoms with Gasteiger partial charge in [0.1, 0.15) is 28.6 Å². The van der Waals surface area contributed by atoms with Gasteiger partial charge >= 0.3 is 12.2 Å². The number of ether oxygens (including phenoxy) is 2. The molecule has 62 heavy (non-hydrogen) atoms. The quantitative estimate of drug-likeness (QED) is 0.0995. The normalized spacial score (nSPS) is 21.3. The van der Waals surface area contributed by atoms with E-state index in [4.69, 9.17) is 19.4 Å². The molecule has 0 saturated carbocycles. The Morgan fingerprint density at radius 1 is 0.790 bits per heavy atom. The first-order valence-corrected chi connectivity index (χ1v) is 23.5. The molecule has 17 heteroatoms. The molecule has 0 bridgehead atoms. The Morgan fingerprint density at radius 3 is 2.02 bits per heavy atom. The highest BCUT2D eigenvalue weighted by Crippen LogP contribution is 2.46. The Labute approximate surface area is 372 Å². The monoisotopic (exact) mass is 898 g/mol. The summed E-state index contributed by atoms with van der Waals surface area (Å²) in [5.41, 5.74) is 3.28. The molecule has 0 radical (unpaired) electrons. The average Bonchev–Trinajstić information content (AvgIpc) is 4.09. The summed E-state index contributed by atoms with van der Waals surface area (Å²) in [7, 11) is 2.60. The predicted molar refractivity (Wildman–Crippen MR) is 245 cm³/mol. The van der Waals surface area contributed by atoms with E-state index in [-0.39, 0.29) is 35.6 Å². The van der Waals surface area contributed by atoms with Crippen LogP contribution in [-0.4, -0.2) is 93.1 Å². The number of nitrogens with zero attached hydrogens (tertiary/aromatic N) is 4. The first-order chi connectivity index (χ1) is 29.6. The summed E-state index contributed by atoms with van der Waals surface area (Å²) in [6, 6.07) is 13.5. The van der Waals surface area contributed by atoms with Crippen molar-refractivity contribution in [2.75, 3.05) is 27.3 Å². The zero-order chi connectivity index (χ0) is 44.2. The van der Waals surface area contributed by atoms with Gasteiger partial charge in [0.25, 0.3) is 0 Å². The van der Waals surface area contributed by atoms with Crippen LogP contribution in [0.15, 0.2) is 48.7 Å². The Hall–Kier alpha value is -5.26. The Balaban J connectivity index is 0.955. The minimum absolute atomic E-state index is 0.104. The largest absolute Gasteiger partial charge is 0.453 e. The maximum Gasteiger partial charge on any atom is 0.407 e. The van der Waals surface area contributed by atoms with Crippen molar-refractivity contribution < 1.29 is 28.7 Å². The smallest absolute Gasteiger partial charge is 0.407 e. The molecular weight excluding hydrogens is 845 g/mol. The number of H-pyrrole nitrogens is 2. The van der Waals surface area contributed by atoms with Crippen LogP contribution in [0.4, 0.5) is 9.59 Å². The summed E-state index contributed by atoms with van der Waals surface area (Å²) in [4.78, 5) is 76.8. The van der Waals surface area contributed by atoms with Crippen LogP contribution in [0.25, 0.3) is 51.2 Å². The number of imidazole rings is 2. The van der Waals surface area contributed by atoms with Crippen LogP contribution >= 0.6 is 34.0 Å². The predicted octanol–water partition coefficient (Wildman–Crippen LogP) is 9.38. The molecule has 4 N–H and O–H groups in total. The highest BCUT2D eigenvalue weighted by Gasteiger charge is 2.48. The molecular formula is C45H54N8O6S3. The molecule has 1 aromatic carbocycles. The molecule has 0 aliphatic carbocycles. The Bertz CT molecular complexity index is 2560. The highest BCUT2D eigenvalue weighted by molar-refractivity contribution is 7.33. The summed E-state index contributed by atoms with van der Waals surface area (Å²) in [5.74, 6) is 1.54. The van der Waals surface area contributed by atoms with Crippen molar-refractivity contribution in [2.45, 2.75) is 85.0 Å². The van der Waals surface area contributed by atoms with Crippen molar-refractivity contribution in [1.29, 1.82) is 0 Å². The summed E-state index contributed by atoms with van der Waals surface area (Å²) >= 11 is 5.18. The second-order valence-electron chi connectivity index (χ2n) is 17.7. The van der Waals surface area contributed by atoms with Crippen LogP contribution < -0.4 is 10.6 Å². The van der Waals surface area contributed by atoms with E-state index in [2.05, 4.69) is 76.9 Å². The number of thiophene rings is 3. The zero-order valence-electron chi connectivity index (χ0n) is 36.5. The van der Waals surface area contributed by atoms with Crippen molar-refractivity contribution in [2.24, 2.45) is 23.7 Å². The fourth-order valence-electron chi connectivity index (χ4n) is 8.98.